The summed E-state index contributed by atoms with van der Waals surface area (Å²) in [6, 6.07) is 11.1. The molecule has 0 aliphatic carbocycles. The topological polar surface area (TPSA) is 76.2 Å². The first-order valence-corrected chi connectivity index (χ1v) is 8.70. The Kier molecular flexibility index (Phi) is 4.50. The van der Waals surface area contributed by atoms with Crippen LogP contribution in [0.1, 0.15) is 29.4 Å². The summed E-state index contributed by atoms with van der Waals surface area (Å²) in [5.74, 6) is 0.487. The lowest BCUT2D eigenvalue weighted by Crippen LogP contribution is -2.13. The molecule has 4 rings (SSSR count). The van der Waals surface area contributed by atoms with Gasteiger partial charge in [0.05, 0.1) is 11.4 Å². The van der Waals surface area contributed by atoms with Gasteiger partial charge in [-0.2, -0.15) is 5.10 Å². The van der Waals surface area contributed by atoms with Crippen LogP contribution in [0.4, 0.5) is 10.1 Å². The number of carbonyl (C=O) groups is 1. The molecule has 0 fully saturated rings. The molecule has 0 radical (unpaired) electrons. The fraction of sp³-hybridized carbons (Fsp3) is 0.200. The van der Waals surface area contributed by atoms with Crippen LogP contribution >= 0.6 is 0 Å². The summed E-state index contributed by atoms with van der Waals surface area (Å²) in [6.07, 6.45) is 1.58. The molecule has 0 saturated heterocycles. The molecule has 3 aromatic rings. The highest BCUT2D eigenvalue weighted by atomic mass is 19.1. The standard InChI is InChI=1S/C20H18FN3O3/c1-2-4-15-19(18(24-23-15)12-5-3-6-14(21)9-12)22-20(25)13-7-8-16-17(10-13)27-11-26-16/h3,5-10H,2,4,11H2,1H3,(H,22,25)(H,23,24). The van der Waals surface area contributed by atoms with Crippen molar-refractivity contribution in [3.8, 4) is 22.8 Å². The Bertz CT molecular complexity index is 1000. The van der Waals surface area contributed by atoms with Gasteiger partial charge in [-0.05, 0) is 36.8 Å². The maximum atomic E-state index is 13.6. The van der Waals surface area contributed by atoms with E-state index < -0.39 is 0 Å². The minimum atomic E-state index is -0.361. The van der Waals surface area contributed by atoms with E-state index in [9.17, 15) is 9.18 Å². The first-order valence-electron chi connectivity index (χ1n) is 8.70. The number of amides is 1. The second-order valence-corrected chi connectivity index (χ2v) is 6.21. The average Bonchev–Trinajstić information content (AvgIpc) is 3.28. The number of fused-ring (bicyclic) bond motifs is 1. The van der Waals surface area contributed by atoms with Gasteiger partial charge in [0, 0.05) is 11.1 Å². The van der Waals surface area contributed by atoms with Crippen LogP contribution in [0.15, 0.2) is 42.5 Å². The molecule has 7 heteroatoms. The van der Waals surface area contributed by atoms with E-state index in [-0.39, 0.29) is 18.5 Å². The van der Waals surface area contributed by atoms with Crippen molar-refractivity contribution >= 4 is 11.6 Å². The fourth-order valence-electron chi connectivity index (χ4n) is 3.01. The lowest BCUT2D eigenvalue weighted by atomic mass is 10.1. The summed E-state index contributed by atoms with van der Waals surface area (Å²) in [5, 5.41) is 10.2. The second-order valence-electron chi connectivity index (χ2n) is 6.21. The Hall–Kier alpha value is -3.35. The van der Waals surface area contributed by atoms with Gasteiger partial charge in [0.1, 0.15) is 11.5 Å². The number of carbonyl (C=O) groups excluding carboxylic acids is 1. The van der Waals surface area contributed by atoms with Crippen LogP contribution < -0.4 is 14.8 Å². The van der Waals surface area contributed by atoms with Crippen LogP contribution in [0.25, 0.3) is 11.3 Å². The monoisotopic (exact) mass is 367 g/mol. The highest BCUT2D eigenvalue weighted by molar-refractivity contribution is 6.06. The number of nitrogens with zero attached hydrogens (tertiary/aromatic N) is 1. The van der Waals surface area contributed by atoms with Gasteiger partial charge in [0.25, 0.3) is 5.91 Å². The maximum absolute atomic E-state index is 13.6. The molecule has 1 amide bonds. The Balaban J connectivity index is 1.67. The molecule has 2 heterocycles. The molecule has 1 aromatic heterocycles. The molecule has 0 atom stereocenters. The van der Waals surface area contributed by atoms with Crippen LogP contribution in [0.3, 0.4) is 0 Å². The molecule has 138 valence electrons. The van der Waals surface area contributed by atoms with E-state index in [4.69, 9.17) is 9.47 Å². The Labute approximate surface area is 155 Å². The summed E-state index contributed by atoms with van der Waals surface area (Å²) in [4.78, 5) is 12.8. The number of hydrogen-bond donors (Lipinski definition) is 2. The summed E-state index contributed by atoms with van der Waals surface area (Å²) in [6.45, 7) is 2.18. The predicted molar refractivity (Wildman–Crippen MR) is 98.5 cm³/mol. The number of aromatic nitrogens is 2. The van der Waals surface area contributed by atoms with Crippen LogP contribution in [0, 0.1) is 5.82 Å². The zero-order chi connectivity index (χ0) is 18.8. The van der Waals surface area contributed by atoms with Gasteiger partial charge in [-0.3, -0.25) is 9.89 Å². The van der Waals surface area contributed by atoms with E-state index in [0.717, 1.165) is 12.1 Å². The highest BCUT2D eigenvalue weighted by Gasteiger charge is 2.20. The highest BCUT2D eigenvalue weighted by Crippen LogP contribution is 2.34. The van der Waals surface area contributed by atoms with Gasteiger partial charge in [0.2, 0.25) is 6.79 Å². The number of anilines is 1. The molecule has 2 aromatic carbocycles. The van der Waals surface area contributed by atoms with Crippen molar-refractivity contribution in [3.05, 3.63) is 59.5 Å². The average molecular weight is 367 g/mol. The van der Waals surface area contributed by atoms with E-state index in [1.54, 1.807) is 30.3 Å². The molecular weight excluding hydrogens is 349 g/mol. The third kappa shape index (κ3) is 3.36. The third-order valence-electron chi connectivity index (χ3n) is 4.31. The molecule has 6 nitrogen and oxygen atoms in total. The molecule has 0 unspecified atom stereocenters. The molecule has 1 aliphatic heterocycles. The SMILES string of the molecule is CCCc1[nH]nc(-c2cccc(F)c2)c1NC(=O)c1ccc2c(c1)OCO2. The number of halogens is 1. The number of nitrogens with one attached hydrogen (secondary N) is 2. The van der Waals surface area contributed by atoms with Crippen molar-refractivity contribution in [2.75, 3.05) is 12.1 Å². The molecular formula is C20H18FN3O3. The van der Waals surface area contributed by atoms with Crippen LogP contribution in [-0.2, 0) is 6.42 Å². The summed E-state index contributed by atoms with van der Waals surface area (Å²) < 4.78 is 24.2. The number of aryl methyl sites for hydroxylation is 1. The first kappa shape index (κ1) is 17.1. The number of hydrogen-bond acceptors (Lipinski definition) is 4. The lowest BCUT2D eigenvalue weighted by molar-refractivity contribution is 0.102. The zero-order valence-corrected chi connectivity index (χ0v) is 14.7. The largest absolute Gasteiger partial charge is 0.454 e. The number of H-pyrrole nitrogens is 1. The minimum absolute atomic E-state index is 0.145. The lowest BCUT2D eigenvalue weighted by Gasteiger charge is -2.09. The van der Waals surface area contributed by atoms with Crippen molar-refractivity contribution in [1.29, 1.82) is 0 Å². The van der Waals surface area contributed by atoms with Crippen molar-refractivity contribution < 1.29 is 18.7 Å². The van der Waals surface area contributed by atoms with Gasteiger partial charge >= 0.3 is 0 Å². The smallest absolute Gasteiger partial charge is 0.255 e. The van der Waals surface area contributed by atoms with Gasteiger partial charge in [-0.25, -0.2) is 4.39 Å². The number of aromatic amines is 1. The molecule has 0 spiro atoms. The van der Waals surface area contributed by atoms with Crippen LogP contribution in [-0.4, -0.2) is 22.9 Å². The molecule has 0 bridgehead atoms. The van der Waals surface area contributed by atoms with E-state index in [1.807, 2.05) is 6.92 Å². The summed E-state index contributed by atoms with van der Waals surface area (Å²) >= 11 is 0. The van der Waals surface area contributed by atoms with Gasteiger partial charge in [-0.1, -0.05) is 25.5 Å². The van der Waals surface area contributed by atoms with Gasteiger partial charge < -0.3 is 14.8 Å². The van der Waals surface area contributed by atoms with E-state index in [2.05, 4.69) is 15.5 Å². The fourth-order valence-corrected chi connectivity index (χ4v) is 3.01. The Morgan fingerprint density at radius 1 is 1.22 bits per heavy atom. The van der Waals surface area contributed by atoms with Crippen LogP contribution in [0.5, 0.6) is 11.5 Å². The van der Waals surface area contributed by atoms with Crippen molar-refractivity contribution in [2.24, 2.45) is 0 Å². The quantitative estimate of drug-likeness (QED) is 0.710. The van der Waals surface area contributed by atoms with E-state index in [0.29, 0.717) is 40.4 Å². The van der Waals surface area contributed by atoms with E-state index in [1.165, 1.54) is 12.1 Å². The Morgan fingerprint density at radius 3 is 2.89 bits per heavy atom. The predicted octanol–water partition coefficient (Wildman–Crippen LogP) is 4.15. The molecule has 27 heavy (non-hydrogen) atoms. The number of ether oxygens (including phenoxy) is 2. The Morgan fingerprint density at radius 2 is 2.07 bits per heavy atom. The molecule has 2 N–H and O–H groups in total. The molecule has 1 aliphatic rings. The third-order valence-corrected chi connectivity index (χ3v) is 4.31. The van der Waals surface area contributed by atoms with E-state index >= 15 is 0 Å². The summed E-state index contributed by atoms with van der Waals surface area (Å²) in [7, 11) is 0. The maximum Gasteiger partial charge on any atom is 0.255 e. The number of rotatable bonds is 5. The van der Waals surface area contributed by atoms with Crippen LogP contribution in [0.2, 0.25) is 0 Å². The van der Waals surface area contributed by atoms with Crippen molar-refractivity contribution in [1.82, 2.24) is 10.2 Å². The molecule has 0 saturated carbocycles. The van der Waals surface area contributed by atoms with Crippen molar-refractivity contribution in [3.63, 3.8) is 0 Å². The first-order chi connectivity index (χ1) is 13.2. The normalized spacial score (nSPS) is 12.2. The minimum Gasteiger partial charge on any atom is -0.454 e. The second kappa shape index (κ2) is 7.11. The zero-order valence-electron chi connectivity index (χ0n) is 14.7. The van der Waals surface area contributed by atoms with Gasteiger partial charge in [-0.15, -0.1) is 0 Å². The number of benzene rings is 2. The van der Waals surface area contributed by atoms with Gasteiger partial charge in [0.15, 0.2) is 11.5 Å². The van der Waals surface area contributed by atoms with Crippen molar-refractivity contribution in [2.45, 2.75) is 19.8 Å². The summed E-state index contributed by atoms with van der Waals surface area (Å²) in [5.41, 5.74) is 2.89.